The first-order valence-electron chi connectivity index (χ1n) is 18.0. The Morgan fingerprint density at radius 1 is 0.981 bits per heavy atom. The van der Waals surface area contributed by atoms with Gasteiger partial charge in [0.2, 0.25) is 17.6 Å². The number of rotatable bonds is 11. The molecule has 15 heteroatoms. The number of nitrogens with one attached hydrogen (secondary N) is 4. The molecule has 0 spiro atoms. The third kappa shape index (κ3) is 10.1. The van der Waals surface area contributed by atoms with Crippen molar-refractivity contribution in [2.75, 3.05) is 43.1 Å². The summed E-state index contributed by atoms with van der Waals surface area (Å²) in [5.41, 5.74) is 2.58. The molecule has 1 saturated carbocycles. The SMILES string of the molecule is CC(C)(C)OC(=O)NCC1CCC(C(=O)NC(Cc2ccc(-c3ccnc(N4CCOCC4)c3F)cc2)C(=O)Nc2ccc(-c3nn[nH]n3)cc2)CC1. The van der Waals surface area contributed by atoms with E-state index in [2.05, 4.69) is 41.6 Å². The molecule has 14 nitrogen and oxygen atoms in total. The van der Waals surface area contributed by atoms with Gasteiger partial charge in [-0.3, -0.25) is 9.59 Å². The van der Waals surface area contributed by atoms with Crippen LogP contribution in [0.1, 0.15) is 52.0 Å². The lowest BCUT2D eigenvalue weighted by Gasteiger charge is -2.29. The topological polar surface area (TPSA) is 176 Å². The molecule has 0 bridgehead atoms. The van der Waals surface area contributed by atoms with E-state index < -0.39 is 23.6 Å². The number of H-pyrrole nitrogens is 1. The van der Waals surface area contributed by atoms with Crippen LogP contribution in [0.3, 0.4) is 0 Å². The van der Waals surface area contributed by atoms with Crippen LogP contribution in [0, 0.1) is 17.7 Å². The Balaban J connectivity index is 1.12. The number of tetrazole rings is 1. The molecule has 0 radical (unpaired) electrons. The van der Waals surface area contributed by atoms with E-state index in [1.54, 1.807) is 36.5 Å². The highest BCUT2D eigenvalue weighted by molar-refractivity contribution is 5.97. The van der Waals surface area contributed by atoms with Crippen molar-refractivity contribution in [3.63, 3.8) is 0 Å². The molecule has 2 aliphatic rings. The molecule has 53 heavy (non-hydrogen) atoms. The van der Waals surface area contributed by atoms with Gasteiger partial charge in [0.05, 0.1) is 13.2 Å². The Morgan fingerprint density at radius 3 is 2.34 bits per heavy atom. The van der Waals surface area contributed by atoms with E-state index in [0.717, 1.165) is 24.0 Å². The number of hydrogen-bond donors (Lipinski definition) is 4. The second-order valence-corrected chi connectivity index (χ2v) is 14.5. The molecule has 1 unspecified atom stereocenters. The summed E-state index contributed by atoms with van der Waals surface area (Å²) >= 11 is 0. The van der Waals surface area contributed by atoms with Crippen LogP contribution >= 0.6 is 0 Å². The summed E-state index contributed by atoms with van der Waals surface area (Å²) < 4.78 is 26.4. The summed E-state index contributed by atoms with van der Waals surface area (Å²) in [7, 11) is 0. The van der Waals surface area contributed by atoms with Crippen molar-refractivity contribution < 1.29 is 28.2 Å². The molecule has 1 saturated heterocycles. The number of halogens is 1. The predicted molar refractivity (Wildman–Crippen MR) is 196 cm³/mol. The number of nitrogens with zero attached hydrogens (tertiary/aromatic N) is 5. The van der Waals surface area contributed by atoms with Crippen LogP contribution in [0.2, 0.25) is 0 Å². The molecule has 3 amide bonds. The van der Waals surface area contributed by atoms with Crippen molar-refractivity contribution in [2.45, 2.75) is 64.5 Å². The average Bonchev–Trinajstić information content (AvgIpc) is 3.70. The standard InChI is InChI=1S/C38H46FN9O5/c1-38(2,3)53-37(51)41-23-25-6-10-28(11-7-25)35(49)43-31(36(50)42-29-14-12-27(13-15-29)33-44-46-47-45-33)22-24-4-8-26(9-5-24)30-16-17-40-34(32(30)39)48-18-20-52-21-19-48/h4-5,8-9,12-17,25,28,31H,6-7,10-11,18-23H2,1-3H3,(H,41,51)(H,42,50)(H,43,49)(H,44,45,46,47). The van der Waals surface area contributed by atoms with Gasteiger partial charge in [-0.2, -0.15) is 5.21 Å². The second-order valence-electron chi connectivity index (χ2n) is 14.5. The molecule has 1 atom stereocenters. The zero-order valence-corrected chi connectivity index (χ0v) is 30.2. The number of aromatic amines is 1. The molecule has 280 valence electrons. The third-order valence-corrected chi connectivity index (χ3v) is 9.43. The number of anilines is 2. The van der Waals surface area contributed by atoms with Crippen LogP contribution in [0.25, 0.3) is 22.5 Å². The number of morpholine rings is 1. The number of carbonyl (C=O) groups is 3. The fraction of sp³-hybridized carbons (Fsp3) is 0.447. The second kappa shape index (κ2) is 16.9. The summed E-state index contributed by atoms with van der Waals surface area (Å²) in [5, 5.41) is 22.8. The van der Waals surface area contributed by atoms with Gasteiger partial charge in [0.1, 0.15) is 11.6 Å². The predicted octanol–water partition coefficient (Wildman–Crippen LogP) is 4.90. The molecule has 1 aliphatic carbocycles. The van der Waals surface area contributed by atoms with Gasteiger partial charge in [-0.15, -0.1) is 10.2 Å². The molecule has 6 rings (SSSR count). The first-order valence-corrected chi connectivity index (χ1v) is 18.0. The van der Waals surface area contributed by atoms with E-state index in [1.807, 2.05) is 49.9 Å². The van der Waals surface area contributed by atoms with Crippen LogP contribution in [0.15, 0.2) is 60.8 Å². The number of aromatic nitrogens is 5. The van der Waals surface area contributed by atoms with E-state index >= 15 is 4.39 Å². The lowest BCUT2D eigenvalue weighted by molar-refractivity contribution is -0.130. The monoisotopic (exact) mass is 727 g/mol. The Labute approximate surface area is 307 Å². The van der Waals surface area contributed by atoms with Crippen molar-refractivity contribution in [3.8, 4) is 22.5 Å². The van der Waals surface area contributed by atoms with Crippen LogP contribution in [-0.4, -0.2) is 88.0 Å². The molecule has 2 aromatic carbocycles. The van der Waals surface area contributed by atoms with Gasteiger partial charge in [-0.25, -0.2) is 14.2 Å². The Morgan fingerprint density at radius 2 is 1.68 bits per heavy atom. The zero-order chi connectivity index (χ0) is 37.4. The van der Waals surface area contributed by atoms with Crippen molar-refractivity contribution in [2.24, 2.45) is 11.8 Å². The molecule has 2 fully saturated rings. The molecule has 1 aliphatic heterocycles. The summed E-state index contributed by atoms with van der Waals surface area (Å²) in [4.78, 5) is 45.7. The van der Waals surface area contributed by atoms with E-state index in [1.165, 1.54) is 0 Å². The summed E-state index contributed by atoms with van der Waals surface area (Å²) in [6.45, 7) is 8.11. The first-order chi connectivity index (χ1) is 25.5. The third-order valence-electron chi connectivity index (χ3n) is 9.43. The number of hydrogen-bond acceptors (Lipinski definition) is 10. The van der Waals surface area contributed by atoms with Gasteiger partial charge in [-0.05, 0) is 99.0 Å². The molecular formula is C38H46FN9O5. The smallest absolute Gasteiger partial charge is 0.407 e. The van der Waals surface area contributed by atoms with Crippen LogP contribution in [-0.2, 0) is 25.5 Å². The Hall–Kier alpha value is -5.44. The summed E-state index contributed by atoms with van der Waals surface area (Å²) in [6.07, 6.45) is 4.16. The number of amides is 3. The molecular weight excluding hydrogens is 681 g/mol. The maximum atomic E-state index is 15.7. The van der Waals surface area contributed by atoms with Gasteiger partial charge in [-0.1, -0.05) is 24.3 Å². The van der Waals surface area contributed by atoms with Gasteiger partial charge in [0, 0.05) is 55.0 Å². The highest BCUT2D eigenvalue weighted by Crippen LogP contribution is 2.31. The van der Waals surface area contributed by atoms with Gasteiger partial charge < -0.3 is 30.3 Å². The largest absolute Gasteiger partial charge is 0.444 e. The normalized spacial score (nSPS) is 18.2. The van der Waals surface area contributed by atoms with E-state index in [9.17, 15) is 14.4 Å². The van der Waals surface area contributed by atoms with Gasteiger partial charge >= 0.3 is 6.09 Å². The lowest BCUT2D eigenvalue weighted by atomic mass is 9.81. The highest BCUT2D eigenvalue weighted by Gasteiger charge is 2.30. The van der Waals surface area contributed by atoms with Crippen molar-refractivity contribution in [3.05, 3.63) is 72.2 Å². The van der Waals surface area contributed by atoms with Crippen LogP contribution in [0.4, 0.5) is 20.7 Å². The minimum atomic E-state index is -0.887. The van der Waals surface area contributed by atoms with Gasteiger partial charge in [0.25, 0.3) is 0 Å². The molecule has 2 aromatic heterocycles. The Bertz CT molecular complexity index is 1840. The number of benzene rings is 2. The number of alkyl carbamates (subject to hydrolysis) is 1. The molecule has 4 aromatic rings. The lowest BCUT2D eigenvalue weighted by Crippen LogP contribution is -2.48. The first kappa shape index (κ1) is 37.3. The van der Waals surface area contributed by atoms with E-state index in [4.69, 9.17) is 9.47 Å². The minimum absolute atomic E-state index is 0.192. The zero-order valence-electron chi connectivity index (χ0n) is 30.2. The number of ether oxygens (including phenoxy) is 2. The summed E-state index contributed by atoms with van der Waals surface area (Å²) in [6, 6.07) is 15.1. The maximum absolute atomic E-state index is 15.7. The minimum Gasteiger partial charge on any atom is -0.444 e. The van der Waals surface area contributed by atoms with E-state index in [0.29, 0.717) is 74.1 Å². The van der Waals surface area contributed by atoms with E-state index in [-0.39, 0.29) is 30.1 Å². The highest BCUT2D eigenvalue weighted by atomic mass is 19.1. The number of pyridine rings is 1. The quantitative estimate of drug-likeness (QED) is 0.166. The fourth-order valence-electron chi connectivity index (χ4n) is 6.59. The van der Waals surface area contributed by atoms with Crippen molar-refractivity contribution in [1.29, 1.82) is 0 Å². The average molecular weight is 728 g/mol. The Kier molecular flexibility index (Phi) is 11.9. The maximum Gasteiger partial charge on any atom is 0.407 e. The van der Waals surface area contributed by atoms with Crippen molar-refractivity contribution >= 4 is 29.4 Å². The fourth-order valence-corrected chi connectivity index (χ4v) is 6.59. The van der Waals surface area contributed by atoms with Crippen LogP contribution < -0.4 is 20.9 Å². The number of carbonyl (C=O) groups excluding carboxylic acids is 3. The molecule has 3 heterocycles. The molecule has 4 N–H and O–H groups in total. The van der Waals surface area contributed by atoms with Gasteiger partial charge in [0.15, 0.2) is 11.6 Å². The van der Waals surface area contributed by atoms with Crippen LogP contribution in [0.5, 0.6) is 0 Å². The van der Waals surface area contributed by atoms with Crippen molar-refractivity contribution in [1.82, 2.24) is 36.2 Å². The summed E-state index contributed by atoms with van der Waals surface area (Å²) in [5.74, 6) is -0.275.